The lowest BCUT2D eigenvalue weighted by atomic mass is 9.94. The molecule has 1 aromatic rings. The number of hydrogen-bond acceptors (Lipinski definition) is 10. The molecule has 0 saturated heterocycles. The molecule has 0 fully saturated rings. The number of esters is 1. The number of aliphatic hydroxyl groups excluding tert-OH is 1. The van der Waals surface area contributed by atoms with Crippen molar-refractivity contribution in [2.75, 3.05) is 6.61 Å². The van der Waals surface area contributed by atoms with Crippen molar-refractivity contribution in [1.29, 1.82) is 16.2 Å². The molecule has 0 amide bonds. The molecule has 1 heterocycles. The molecule has 1 rings (SSSR count). The Balaban J connectivity index is 3.59. The molecular formula is C14H17N5O7. The number of aromatic nitrogens is 2. The first kappa shape index (κ1) is 20.6. The predicted molar refractivity (Wildman–Crippen MR) is 86.3 cm³/mol. The molecule has 12 nitrogen and oxygen atoms in total. The van der Waals surface area contributed by atoms with Crippen molar-refractivity contribution in [3.05, 3.63) is 17.0 Å². The Hall–Kier alpha value is -3.41. The lowest BCUT2D eigenvalue weighted by molar-refractivity contribution is -0.108. The van der Waals surface area contributed by atoms with E-state index >= 15 is 0 Å². The van der Waals surface area contributed by atoms with Gasteiger partial charge in [0.1, 0.15) is 6.29 Å². The molecule has 0 aliphatic carbocycles. The van der Waals surface area contributed by atoms with Crippen LogP contribution in [0.5, 0.6) is 0 Å². The van der Waals surface area contributed by atoms with Gasteiger partial charge < -0.3 is 29.9 Å². The molecule has 0 aromatic carbocycles. The minimum absolute atomic E-state index is 0.225. The van der Waals surface area contributed by atoms with Crippen LogP contribution in [0.25, 0.3) is 0 Å². The molecular weight excluding hydrogens is 350 g/mol. The Morgan fingerprint density at radius 2 is 1.96 bits per heavy atom. The van der Waals surface area contributed by atoms with E-state index in [-0.39, 0.29) is 18.5 Å². The summed E-state index contributed by atoms with van der Waals surface area (Å²) in [6.45, 7) is -0.967. The Bertz CT molecular complexity index is 715. The van der Waals surface area contributed by atoms with Gasteiger partial charge in [0.15, 0.2) is 30.3 Å². The zero-order valence-electron chi connectivity index (χ0n) is 13.4. The van der Waals surface area contributed by atoms with Gasteiger partial charge >= 0.3 is 11.9 Å². The van der Waals surface area contributed by atoms with Crippen LogP contribution in [0.15, 0.2) is 0 Å². The summed E-state index contributed by atoms with van der Waals surface area (Å²) >= 11 is 0. The smallest absolute Gasteiger partial charge is 0.365 e. The van der Waals surface area contributed by atoms with Gasteiger partial charge in [-0.25, -0.2) is 9.59 Å². The lowest BCUT2D eigenvalue weighted by Crippen LogP contribution is -2.24. The molecule has 2 atom stereocenters. The van der Waals surface area contributed by atoms with Crippen molar-refractivity contribution >= 4 is 37.2 Å². The molecule has 0 aliphatic rings. The summed E-state index contributed by atoms with van der Waals surface area (Å²) in [6.07, 6.45) is 0.837. The fraction of sp³-hybridized carbons (Fsp3) is 0.357. The largest absolute Gasteiger partial charge is 0.477 e. The van der Waals surface area contributed by atoms with E-state index in [0.29, 0.717) is 19.1 Å². The number of aromatic carboxylic acids is 1. The fourth-order valence-corrected chi connectivity index (χ4v) is 2.27. The minimum atomic E-state index is -1.50. The monoisotopic (exact) mass is 367 g/mol. The second-order valence-electron chi connectivity index (χ2n) is 4.86. The van der Waals surface area contributed by atoms with Gasteiger partial charge in [0.2, 0.25) is 0 Å². The van der Waals surface area contributed by atoms with E-state index in [0.717, 1.165) is 10.9 Å². The molecule has 0 spiro atoms. The van der Waals surface area contributed by atoms with Crippen molar-refractivity contribution < 1.29 is 34.1 Å². The third kappa shape index (κ3) is 4.57. The van der Waals surface area contributed by atoms with E-state index in [9.17, 15) is 24.6 Å². The van der Waals surface area contributed by atoms with Crippen LogP contribution in [0.3, 0.4) is 0 Å². The van der Waals surface area contributed by atoms with Gasteiger partial charge in [-0.1, -0.05) is 0 Å². The molecule has 1 aromatic heterocycles. The second-order valence-corrected chi connectivity index (χ2v) is 4.86. The maximum atomic E-state index is 12.0. The molecule has 0 aliphatic heterocycles. The number of ether oxygens (including phenoxy) is 2. The quantitative estimate of drug-likeness (QED) is 0.143. The van der Waals surface area contributed by atoms with Gasteiger partial charge in [-0.05, 0) is 0 Å². The van der Waals surface area contributed by atoms with Crippen molar-refractivity contribution in [2.45, 2.75) is 25.0 Å². The Kier molecular flexibility index (Phi) is 7.76. The summed E-state index contributed by atoms with van der Waals surface area (Å²) in [7, 11) is 0. The number of aliphatic hydroxyl groups is 1. The average Bonchev–Trinajstić information content (AvgIpc) is 2.98. The number of rotatable bonds is 12. The van der Waals surface area contributed by atoms with E-state index < -0.39 is 42.0 Å². The van der Waals surface area contributed by atoms with Crippen LogP contribution in [-0.2, 0) is 20.8 Å². The molecule has 1 unspecified atom stereocenters. The Labute approximate surface area is 146 Å². The third-order valence-electron chi connectivity index (χ3n) is 3.34. The van der Waals surface area contributed by atoms with Crippen molar-refractivity contribution in [3.63, 3.8) is 0 Å². The highest BCUT2D eigenvalue weighted by Gasteiger charge is 2.33. The summed E-state index contributed by atoms with van der Waals surface area (Å²) in [5.41, 5.74) is -1.20. The molecule has 0 bridgehead atoms. The average molecular weight is 367 g/mol. The number of carboxylic acids is 1. The van der Waals surface area contributed by atoms with Crippen LogP contribution in [0.4, 0.5) is 0 Å². The number of carboxylic acid groups (broad SMARTS) is 1. The number of nitrogens with zero attached hydrogens (tertiary/aromatic N) is 2. The van der Waals surface area contributed by atoms with E-state index in [4.69, 9.17) is 21.0 Å². The van der Waals surface area contributed by atoms with Gasteiger partial charge in [0, 0.05) is 24.1 Å². The first-order valence-electron chi connectivity index (χ1n) is 7.18. The van der Waals surface area contributed by atoms with Crippen LogP contribution < -0.4 is 0 Å². The Morgan fingerprint density at radius 1 is 1.27 bits per heavy atom. The number of carbonyl (C=O) groups excluding carboxylic acids is 2. The molecule has 26 heavy (non-hydrogen) atoms. The maximum absolute atomic E-state index is 12.0. The zero-order chi connectivity index (χ0) is 19.7. The van der Waals surface area contributed by atoms with Crippen molar-refractivity contribution in [3.8, 4) is 0 Å². The number of nitrogens with one attached hydrogen (secondary N) is 3. The number of carbonyl (C=O) groups is 3. The van der Waals surface area contributed by atoms with Gasteiger partial charge in [-0.3, -0.25) is 15.5 Å². The zero-order valence-corrected chi connectivity index (χ0v) is 13.4. The summed E-state index contributed by atoms with van der Waals surface area (Å²) < 4.78 is 10.1. The SMILES string of the molecule is N=COC(=O)c1nn(C[C@H](C=N)OC=N)c(C(=O)O)c1C(CO)CC=O. The van der Waals surface area contributed by atoms with Crippen LogP contribution in [0.2, 0.25) is 0 Å². The van der Waals surface area contributed by atoms with E-state index in [1.54, 1.807) is 0 Å². The summed E-state index contributed by atoms with van der Waals surface area (Å²) in [5, 5.41) is 43.8. The minimum Gasteiger partial charge on any atom is -0.477 e. The number of hydrogen-bond donors (Lipinski definition) is 5. The van der Waals surface area contributed by atoms with Crippen molar-refractivity contribution in [1.82, 2.24) is 9.78 Å². The van der Waals surface area contributed by atoms with Crippen LogP contribution in [0.1, 0.15) is 38.9 Å². The molecule has 12 heteroatoms. The highest BCUT2D eigenvalue weighted by atomic mass is 16.5. The Morgan fingerprint density at radius 3 is 2.42 bits per heavy atom. The van der Waals surface area contributed by atoms with Crippen LogP contribution >= 0.6 is 0 Å². The first-order valence-corrected chi connectivity index (χ1v) is 7.18. The highest BCUT2D eigenvalue weighted by molar-refractivity contribution is 5.97. The van der Waals surface area contributed by atoms with E-state index in [2.05, 4.69) is 9.84 Å². The van der Waals surface area contributed by atoms with Crippen LogP contribution in [0, 0.1) is 16.2 Å². The first-order chi connectivity index (χ1) is 12.4. The standard InChI is InChI=1S/C14H17N5O7/c15-3-9(25-6-16)4-19-12(13(22)23)10(8(5-21)1-2-20)11(18-19)14(24)26-7-17/h2-3,6-9,15-17,21H,1,4-5H2,(H,22,23)/t8?,9-/m0/s1. The topological polar surface area (TPSA) is 199 Å². The lowest BCUT2D eigenvalue weighted by Gasteiger charge is -2.14. The maximum Gasteiger partial charge on any atom is 0.365 e. The van der Waals surface area contributed by atoms with Crippen molar-refractivity contribution in [2.24, 2.45) is 0 Å². The summed E-state index contributed by atoms with van der Waals surface area (Å²) in [6, 6.07) is 0. The van der Waals surface area contributed by atoms with E-state index in [1.807, 2.05) is 0 Å². The van der Waals surface area contributed by atoms with E-state index in [1.165, 1.54) is 0 Å². The summed E-state index contributed by atoms with van der Waals surface area (Å²) in [5.74, 6) is -3.67. The number of aldehydes is 1. The van der Waals surface area contributed by atoms with Gasteiger partial charge in [-0.2, -0.15) is 5.10 Å². The highest BCUT2D eigenvalue weighted by Crippen LogP contribution is 2.27. The second kappa shape index (κ2) is 9.78. The van der Waals surface area contributed by atoms with Gasteiger partial charge in [-0.15, -0.1) is 0 Å². The molecule has 140 valence electrons. The third-order valence-corrected chi connectivity index (χ3v) is 3.34. The summed E-state index contributed by atoms with van der Waals surface area (Å²) in [4.78, 5) is 34.6. The predicted octanol–water partition coefficient (Wildman–Crippen LogP) is -0.348. The van der Waals surface area contributed by atoms with Gasteiger partial charge in [0.05, 0.1) is 13.2 Å². The fourth-order valence-electron chi connectivity index (χ4n) is 2.27. The molecule has 0 saturated carbocycles. The van der Waals surface area contributed by atoms with Gasteiger partial charge in [0.25, 0.3) is 0 Å². The molecule has 5 N–H and O–H groups in total. The normalized spacial score (nSPS) is 12.5. The van der Waals surface area contributed by atoms with Crippen LogP contribution in [-0.4, -0.2) is 69.9 Å². The molecule has 0 radical (unpaired) electrons.